The van der Waals surface area contributed by atoms with Gasteiger partial charge in [-0.3, -0.25) is 14.4 Å². The van der Waals surface area contributed by atoms with E-state index >= 15 is 0 Å². The molecule has 3 aromatic rings. The fourth-order valence-corrected chi connectivity index (χ4v) is 7.40. The Balaban J connectivity index is 1.18. The molecule has 0 radical (unpaired) electrons. The average molecular weight is 691 g/mol. The van der Waals surface area contributed by atoms with Gasteiger partial charge in [-0.2, -0.15) is 0 Å². The zero-order chi connectivity index (χ0) is 35.5. The van der Waals surface area contributed by atoms with E-state index in [1.54, 1.807) is 23.6 Å². The van der Waals surface area contributed by atoms with Crippen molar-refractivity contribution in [3.05, 3.63) is 65.1 Å². The number of thiazole rings is 1. The quantitative estimate of drug-likeness (QED) is 0.244. The van der Waals surface area contributed by atoms with E-state index in [4.69, 9.17) is 5.11 Å². The second-order valence-electron chi connectivity index (χ2n) is 14.2. The van der Waals surface area contributed by atoms with Crippen LogP contribution in [0, 0.1) is 18.3 Å². The Labute approximate surface area is 290 Å². The van der Waals surface area contributed by atoms with E-state index < -0.39 is 29.6 Å². The highest BCUT2D eigenvalue weighted by Crippen LogP contribution is 2.30. The van der Waals surface area contributed by atoms with Gasteiger partial charge in [-0.05, 0) is 61.3 Å². The standard InChI is InChI=1S/C36H46N6O6S/c1-21(24-6-8-25(9-7-24)31-22(2)38-20-49-31)39-33(45)29-17-27(43)19-42(29)34(46)32(36(3,4)5)40-30(44)16-23-12-14-41(15-13-23)26-10-11-28(35(47)48)37-18-26/h6-11,18,20-21,23,27,29,32,43H,12-17,19H2,1-5H3,(H,39,45)(H,40,44)(H,47,48)/t21-,27+,29-,32?/m0/s1. The van der Waals surface area contributed by atoms with Crippen molar-refractivity contribution in [2.75, 3.05) is 24.5 Å². The van der Waals surface area contributed by atoms with Gasteiger partial charge in [0.2, 0.25) is 17.7 Å². The number of likely N-dealkylation sites (tertiary alicyclic amines) is 1. The number of anilines is 1. The van der Waals surface area contributed by atoms with Gasteiger partial charge in [-0.15, -0.1) is 11.3 Å². The van der Waals surface area contributed by atoms with Crippen LogP contribution in [0.3, 0.4) is 0 Å². The largest absolute Gasteiger partial charge is 0.477 e. The van der Waals surface area contributed by atoms with E-state index in [9.17, 15) is 24.3 Å². The van der Waals surface area contributed by atoms with Crippen LogP contribution >= 0.6 is 11.3 Å². The summed E-state index contributed by atoms with van der Waals surface area (Å²) in [6.07, 6.45) is 2.60. The monoisotopic (exact) mass is 690 g/mol. The van der Waals surface area contributed by atoms with Crippen LogP contribution in [0.25, 0.3) is 10.4 Å². The number of aliphatic hydroxyl groups is 1. The van der Waals surface area contributed by atoms with Crippen LogP contribution < -0.4 is 15.5 Å². The molecule has 2 fully saturated rings. The molecule has 4 atom stereocenters. The van der Waals surface area contributed by atoms with Gasteiger partial charge in [0.15, 0.2) is 0 Å². The smallest absolute Gasteiger partial charge is 0.354 e. The number of nitrogens with zero attached hydrogens (tertiary/aromatic N) is 4. The Morgan fingerprint density at radius 1 is 1.02 bits per heavy atom. The number of carbonyl (C=O) groups is 4. The summed E-state index contributed by atoms with van der Waals surface area (Å²) in [6, 6.07) is 9.10. The molecule has 1 aromatic carbocycles. The molecule has 2 aliphatic rings. The lowest BCUT2D eigenvalue weighted by atomic mass is 9.85. The van der Waals surface area contributed by atoms with Gasteiger partial charge >= 0.3 is 5.97 Å². The maximum atomic E-state index is 14.0. The fraction of sp³-hybridized carbons (Fsp3) is 0.500. The van der Waals surface area contributed by atoms with Crippen molar-refractivity contribution in [1.29, 1.82) is 0 Å². The molecular weight excluding hydrogens is 644 g/mol. The number of carbonyl (C=O) groups excluding carboxylic acids is 3. The number of aryl methyl sites for hydroxylation is 1. The summed E-state index contributed by atoms with van der Waals surface area (Å²) in [5.74, 6) is -1.92. The fourth-order valence-electron chi connectivity index (χ4n) is 6.59. The van der Waals surface area contributed by atoms with Gasteiger partial charge < -0.3 is 30.6 Å². The van der Waals surface area contributed by atoms with Gasteiger partial charge in [0, 0.05) is 32.5 Å². The van der Waals surface area contributed by atoms with Gasteiger partial charge in [0.25, 0.3) is 0 Å². The molecule has 2 saturated heterocycles. The summed E-state index contributed by atoms with van der Waals surface area (Å²) in [4.78, 5) is 65.0. The van der Waals surface area contributed by atoms with Gasteiger partial charge in [0.1, 0.15) is 17.8 Å². The molecule has 12 nitrogen and oxygen atoms in total. The molecular formula is C36H46N6O6S. The summed E-state index contributed by atoms with van der Waals surface area (Å²) in [5.41, 5.74) is 4.94. The van der Waals surface area contributed by atoms with E-state index in [0.717, 1.165) is 40.2 Å². The number of aliphatic hydroxyl groups excluding tert-OH is 1. The van der Waals surface area contributed by atoms with Crippen LogP contribution in [0.2, 0.25) is 0 Å². The van der Waals surface area contributed by atoms with Crippen molar-refractivity contribution in [2.45, 2.75) is 84.5 Å². The van der Waals surface area contributed by atoms with Crippen LogP contribution in [-0.2, 0) is 14.4 Å². The lowest BCUT2D eigenvalue weighted by Crippen LogP contribution is -2.58. The number of amides is 3. The van der Waals surface area contributed by atoms with Gasteiger partial charge in [-0.25, -0.2) is 14.8 Å². The number of rotatable bonds is 10. The number of hydrogen-bond acceptors (Lipinski definition) is 9. The predicted molar refractivity (Wildman–Crippen MR) is 187 cm³/mol. The Bertz CT molecular complexity index is 1650. The topological polar surface area (TPSA) is 165 Å². The number of hydrogen-bond donors (Lipinski definition) is 4. The van der Waals surface area contributed by atoms with Crippen LogP contribution in [0.5, 0.6) is 0 Å². The van der Waals surface area contributed by atoms with Crippen molar-refractivity contribution in [3.8, 4) is 10.4 Å². The normalized spacial score (nSPS) is 19.7. The minimum atomic E-state index is -1.07. The molecule has 3 amide bonds. The number of benzene rings is 1. The van der Waals surface area contributed by atoms with E-state index in [1.165, 1.54) is 11.0 Å². The number of piperidine rings is 1. The SMILES string of the molecule is Cc1ncsc1-c1ccc([C@H](C)NC(=O)[C@@H]2C[C@@H](O)CN2C(=O)C(NC(=O)CC2CCN(c3ccc(C(=O)O)nc3)CC2)C(C)(C)C)cc1. The first kappa shape index (κ1) is 35.9. The Kier molecular flexibility index (Phi) is 11.0. The molecule has 5 rings (SSSR count). The molecule has 2 aliphatic heterocycles. The van der Waals surface area contributed by atoms with Crippen molar-refractivity contribution < 1.29 is 29.4 Å². The number of carboxylic acid groups (broad SMARTS) is 1. The maximum absolute atomic E-state index is 14.0. The highest BCUT2D eigenvalue weighted by atomic mass is 32.1. The first-order valence-corrected chi connectivity index (χ1v) is 17.6. The summed E-state index contributed by atoms with van der Waals surface area (Å²) in [7, 11) is 0. The Morgan fingerprint density at radius 2 is 1.71 bits per heavy atom. The molecule has 49 heavy (non-hydrogen) atoms. The summed E-state index contributed by atoms with van der Waals surface area (Å²) < 4.78 is 0. The highest BCUT2D eigenvalue weighted by Gasteiger charge is 2.44. The number of β-amino-alcohol motifs (C(OH)–C–C–N with tert-alkyl or cyclic N) is 1. The molecule has 4 heterocycles. The molecule has 0 aliphatic carbocycles. The predicted octanol–water partition coefficient (Wildman–Crippen LogP) is 4.19. The van der Waals surface area contributed by atoms with Crippen LogP contribution in [0.4, 0.5) is 5.69 Å². The molecule has 0 saturated carbocycles. The minimum absolute atomic E-state index is 0.00707. The third kappa shape index (κ3) is 8.63. The number of carboxylic acids is 1. The molecule has 13 heteroatoms. The van der Waals surface area contributed by atoms with Crippen LogP contribution in [0.1, 0.15) is 81.2 Å². The lowest BCUT2D eigenvalue weighted by molar-refractivity contribution is -0.144. The number of aromatic carboxylic acids is 1. The average Bonchev–Trinajstić information content (AvgIpc) is 3.68. The number of pyridine rings is 1. The zero-order valence-electron chi connectivity index (χ0n) is 28.7. The van der Waals surface area contributed by atoms with Crippen molar-refractivity contribution in [2.24, 2.45) is 11.3 Å². The maximum Gasteiger partial charge on any atom is 0.354 e. The summed E-state index contributed by atoms with van der Waals surface area (Å²) in [6.45, 7) is 10.9. The third-order valence-corrected chi connectivity index (χ3v) is 10.5. The Hall–Kier alpha value is -4.36. The molecule has 262 valence electrons. The molecule has 4 N–H and O–H groups in total. The summed E-state index contributed by atoms with van der Waals surface area (Å²) in [5, 5.41) is 25.7. The first-order valence-electron chi connectivity index (χ1n) is 16.7. The van der Waals surface area contributed by atoms with E-state index in [1.807, 2.05) is 64.4 Å². The molecule has 0 spiro atoms. The van der Waals surface area contributed by atoms with Crippen LogP contribution in [-0.4, -0.2) is 86.6 Å². The first-order chi connectivity index (χ1) is 23.2. The van der Waals surface area contributed by atoms with Crippen LogP contribution in [0.15, 0.2) is 48.1 Å². The number of nitrogens with one attached hydrogen (secondary N) is 2. The van der Waals surface area contributed by atoms with Crippen molar-refractivity contribution in [3.63, 3.8) is 0 Å². The Morgan fingerprint density at radius 3 is 2.29 bits per heavy atom. The van der Waals surface area contributed by atoms with Crippen molar-refractivity contribution in [1.82, 2.24) is 25.5 Å². The number of aromatic nitrogens is 2. The molecule has 1 unspecified atom stereocenters. The molecule has 2 aromatic heterocycles. The minimum Gasteiger partial charge on any atom is -0.477 e. The lowest BCUT2D eigenvalue weighted by Gasteiger charge is -2.36. The summed E-state index contributed by atoms with van der Waals surface area (Å²) >= 11 is 1.58. The van der Waals surface area contributed by atoms with E-state index in [0.29, 0.717) is 13.1 Å². The van der Waals surface area contributed by atoms with E-state index in [2.05, 4.69) is 25.5 Å². The zero-order valence-corrected chi connectivity index (χ0v) is 29.5. The highest BCUT2D eigenvalue weighted by molar-refractivity contribution is 7.13. The van der Waals surface area contributed by atoms with E-state index in [-0.39, 0.29) is 54.8 Å². The molecule has 0 bridgehead atoms. The second-order valence-corrected chi connectivity index (χ2v) is 15.1. The third-order valence-electron chi connectivity index (χ3n) is 9.48. The van der Waals surface area contributed by atoms with Crippen molar-refractivity contribution >= 4 is 40.7 Å². The second kappa shape index (κ2) is 15.0. The van der Waals surface area contributed by atoms with Gasteiger partial charge in [-0.1, -0.05) is 45.0 Å². The van der Waals surface area contributed by atoms with Gasteiger partial charge in [0.05, 0.1) is 40.1 Å².